The summed E-state index contributed by atoms with van der Waals surface area (Å²) in [6, 6.07) is 9.35. The molecule has 22 heavy (non-hydrogen) atoms. The third-order valence-electron chi connectivity index (χ3n) is 3.32. The van der Waals surface area contributed by atoms with E-state index in [4.69, 9.17) is 0 Å². The van der Waals surface area contributed by atoms with Crippen molar-refractivity contribution >= 4 is 22.7 Å². The molecule has 0 bridgehead atoms. The SMILES string of the molecule is Cc1cc(C(=O)NCCNC(=O)C(C)C)c2ccccc2n1. The summed E-state index contributed by atoms with van der Waals surface area (Å²) in [7, 11) is 0. The van der Waals surface area contributed by atoms with Crippen LogP contribution in [0.2, 0.25) is 0 Å². The molecule has 0 aliphatic heterocycles. The highest BCUT2D eigenvalue weighted by Gasteiger charge is 2.11. The topological polar surface area (TPSA) is 71.1 Å². The van der Waals surface area contributed by atoms with E-state index in [1.165, 1.54) is 0 Å². The minimum atomic E-state index is -0.152. The Balaban J connectivity index is 2.03. The Kier molecular flexibility index (Phi) is 5.09. The number of rotatable bonds is 5. The van der Waals surface area contributed by atoms with Crippen molar-refractivity contribution < 1.29 is 9.59 Å². The number of hydrogen-bond acceptors (Lipinski definition) is 3. The third kappa shape index (κ3) is 3.81. The zero-order valence-electron chi connectivity index (χ0n) is 13.1. The second-order valence-electron chi connectivity index (χ2n) is 5.53. The second-order valence-corrected chi connectivity index (χ2v) is 5.53. The third-order valence-corrected chi connectivity index (χ3v) is 3.32. The number of aryl methyl sites for hydroxylation is 1. The highest BCUT2D eigenvalue weighted by atomic mass is 16.2. The first-order chi connectivity index (χ1) is 10.5. The van der Waals surface area contributed by atoms with E-state index in [9.17, 15) is 9.59 Å². The summed E-state index contributed by atoms with van der Waals surface area (Å²) in [5.74, 6) is -0.220. The number of para-hydroxylation sites is 1. The predicted molar refractivity (Wildman–Crippen MR) is 86.7 cm³/mol. The van der Waals surface area contributed by atoms with E-state index in [0.29, 0.717) is 18.7 Å². The number of aromatic nitrogens is 1. The average Bonchev–Trinajstić information content (AvgIpc) is 2.50. The van der Waals surface area contributed by atoms with E-state index in [-0.39, 0.29) is 17.7 Å². The van der Waals surface area contributed by atoms with Gasteiger partial charge in [0.05, 0.1) is 11.1 Å². The van der Waals surface area contributed by atoms with Crippen molar-refractivity contribution in [2.75, 3.05) is 13.1 Å². The van der Waals surface area contributed by atoms with Crippen LogP contribution in [0.3, 0.4) is 0 Å². The maximum Gasteiger partial charge on any atom is 0.252 e. The van der Waals surface area contributed by atoms with Crippen molar-refractivity contribution in [1.29, 1.82) is 0 Å². The minimum absolute atomic E-state index is 0.0144. The fourth-order valence-corrected chi connectivity index (χ4v) is 2.16. The molecule has 2 aromatic rings. The molecule has 1 heterocycles. The van der Waals surface area contributed by atoms with Gasteiger partial charge in [0.2, 0.25) is 5.91 Å². The van der Waals surface area contributed by atoms with Gasteiger partial charge in [0.25, 0.3) is 5.91 Å². The summed E-state index contributed by atoms with van der Waals surface area (Å²) >= 11 is 0. The van der Waals surface area contributed by atoms with Gasteiger partial charge in [-0.2, -0.15) is 0 Å². The molecule has 0 fully saturated rings. The van der Waals surface area contributed by atoms with Crippen LogP contribution >= 0.6 is 0 Å². The number of benzene rings is 1. The molecule has 1 aromatic carbocycles. The van der Waals surface area contributed by atoms with Crippen LogP contribution < -0.4 is 10.6 Å². The largest absolute Gasteiger partial charge is 0.354 e. The molecule has 116 valence electrons. The monoisotopic (exact) mass is 299 g/mol. The highest BCUT2D eigenvalue weighted by molar-refractivity contribution is 6.06. The fraction of sp³-hybridized carbons (Fsp3) is 0.353. The lowest BCUT2D eigenvalue weighted by Crippen LogP contribution is -2.36. The molecule has 5 nitrogen and oxygen atoms in total. The molecule has 2 rings (SSSR count). The van der Waals surface area contributed by atoms with Gasteiger partial charge in [0.1, 0.15) is 0 Å². The molecule has 1 aromatic heterocycles. The Labute approximate surface area is 130 Å². The lowest BCUT2D eigenvalue weighted by Gasteiger charge is -2.10. The number of carbonyl (C=O) groups is 2. The molecule has 0 radical (unpaired) electrons. The van der Waals surface area contributed by atoms with Crippen LogP contribution in [0.5, 0.6) is 0 Å². The van der Waals surface area contributed by atoms with E-state index in [1.54, 1.807) is 6.07 Å². The Hall–Kier alpha value is -2.43. The first-order valence-electron chi connectivity index (χ1n) is 7.41. The van der Waals surface area contributed by atoms with Crippen molar-refractivity contribution in [2.45, 2.75) is 20.8 Å². The van der Waals surface area contributed by atoms with Crippen molar-refractivity contribution in [3.8, 4) is 0 Å². The predicted octanol–water partition coefficient (Wildman–Crippen LogP) is 2.05. The zero-order valence-corrected chi connectivity index (χ0v) is 13.1. The second kappa shape index (κ2) is 7.02. The van der Waals surface area contributed by atoms with E-state index in [0.717, 1.165) is 16.6 Å². The zero-order chi connectivity index (χ0) is 16.1. The number of carbonyl (C=O) groups excluding carboxylic acids is 2. The van der Waals surface area contributed by atoms with Gasteiger partial charge < -0.3 is 10.6 Å². The van der Waals surface area contributed by atoms with Crippen LogP contribution in [-0.4, -0.2) is 29.9 Å². The van der Waals surface area contributed by atoms with Crippen molar-refractivity contribution in [3.05, 3.63) is 41.6 Å². The molecule has 2 N–H and O–H groups in total. The van der Waals surface area contributed by atoms with Gasteiger partial charge in [-0.25, -0.2) is 0 Å². The number of nitrogens with one attached hydrogen (secondary N) is 2. The number of fused-ring (bicyclic) bond motifs is 1. The van der Waals surface area contributed by atoms with Crippen LogP contribution in [0, 0.1) is 12.8 Å². The van der Waals surface area contributed by atoms with E-state index >= 15 is 0 Å². The Morgan fingerprint density at radius 1 is 1.14 bits per heavy atom. The number of pyridine rings is 1. The van der Waals surface area contributed by atoms with Crippen LogP contribution in [0.4, 0.5) is 0 Å². The molecule has 0 saturated carbocycles. The molecular weight excluding hydrogens is 278 g/mol. The smallest absolute Gasteiger partial charge is 0.252 e. The van der Waals surface area contributed by atoms with Gasteiger partial charge in [-0.05, 0) is 19.1 Å². The average molecular weight is 299 g/mol. The van der Waals surface area contributed by atoms with Gasteiger partial charge in [0, 0.05) is 30.1 Å². The lowest BCUT2D eigenvalue weighted by atomic mass is 10.1. The van der Waals surface area contributed by atoms with Crippen LogP contribution in [0.25, 0.3) is 10.9 Å². The van der Waals surface area contributed by atoms with Crippen LogP contribution in [0.1, 0.15) is 29.9 Å². The fourth-order valence-electron chi connectivity index (χ4n) is 2.16. The lowest BCUT2D eigenvalue weighted by molar-refractivity contribution is -0.123. The molecule has 0 unspecified atom stereocenters. The standard InChI is InChI=1S/C17H21N3O2/c1-11(2)16(21)18-8-9-19-17(22)14-10-12(3)20-15-7-5-4-6-13(14)15/h4-7,10-11H,8-9H2,1-3H3,(H,18,21)(H,19,22). The Morgan fingerprint density at radius 3 is 2.55 bits per heavy atom. The van der Waals surface area contributed by atoms with Crippen LogP contribution in [-0.2, 0) is 4.79 Å². The first kappa shape index (κ1) is 15.9. The van der Waals surface area contributed by atoms with Gasteiger partial charge in [-0.15, -0.1) is 0 Å². The summed E-state index contributed by atoms with van der Waals surface area (Å²) in [4.78, 5) is 28.2. The summed E-state index contributed by atoms with van der Waals surface area (Å²) < 4.78 is 0. The minimum Gasteiger partial charge on any atom is -0.354 e. The molecule has 0 atom stereocenters. The molecule has 0 spiro atoms. The van der Waals surface area contributed by atoms with Crippen molar-refractivity contribution in [1.82, 2.24) is 15.6 Å². The van der Waals surface area contributed by atoms with Crippen molar-refractivity contribution in [2.24, 2.45) is 5.92 Å². The molecule has 5 heteroatoms. The first-order valence-corrected chi connectivity index (χ1v) is 7.41. The maximum atomic E-state index is 12.3. The molecule has 2 amide bonds. The van der Waals surface area contributed by atoms with Gasteiger partial charge in [-0.3, -0.25) is 14.6 Å². The van der Waals surface area contributed by atoms with Gasteiger partial charge in [-0.1, -0.05) is 32.0 Å². The maximum absolute atomic E-state index is 12.3. The summed E-state index contributed by atoms with van der Waals surface area (Å²) in [5.41, 5.74) is 2.22. The quantitative estimate of drug-likeness (QED) is 0.830. The van der Waals surface area contributed by atoms with E-state index in [2.05, 4.69) is 15.6 Å². The normalized spacial score (nSPS) is 10.7. The molecule has 0 aliphatic rings. The molecular formula is C17H21N3O2. The summed E-state index contributed by atoms with van der Waals surface area (Å²) in [6.07, 6.45) is 0. The number of amides is 2. The summed E-state index contributed by atoms with van der Waals surface area (Å²) in [6.45, 7) is 6.35. The number of hydrogen-bond donors (Lipinski definition) is 2. The Bertz CT molecular complexity index is 695. The van der Waals surface area contributed by atoms with Gasteiger partial charge >= 0.3 is 0 Å². The van der Waals surface area contributed by atoms with Crippen LogP contribution in [0.15, 0.2) is 30.3 Å². The summed E-state index contributed by atoms with van der Waals surface area (Å²) in [5, 5.41) is 6.43. The number of nitrogens with zero attached hydrogens (tertiary/aromatic N) is 1. The highest BCUT2D eigenvalue weighted by Crippen LogP contribution is 2.17. The molecule has 0 saturated heterocycles. The molecule has 0 aliphatic carbocycles. The van der Waals surface area contributed by atoms with E-state index in [1.807, 2.05) is 45.0 Å². The van der Waals surface area contributed by atoms with Crippen molar-refractivity contribution in [3.63, 3.8) is 0 Å². The Morgan fingerprint density at radius 2 is 1.82 bits per heavy atom. The van der Waals surface area contributed by atoms with E-state index < -0.39 is 0 Å². The van der Waals surface area contributed by atoms with Gasteiger partial charge in [0.15, 0.2) is 0 Å².